The smallest absolute Gasteiger partial charge is 0.122 e. The maximum absolute atomic E-state index is 5.89. The monoisotopic (exact) mass is 382 g/mol. The van der Waals surface area contributed by atoms with Gasteiger partial charge in [0.25, 0.3) is 0 Å². The Labute approximate surface area is 167 Å². The van der Waals surface area contributed by atoms with Crippen molar-refractivity contribution in [2.45, 2.75) is 37.9 Å². The molecule has 150 valence electrons. The Morgan fingerprint density at radius 1 is 1.14 bits per heavy atom. The molecule has 6 heteroatoms. The molecule has 0 aliphatic carbocycles. The van der Waals surface area contributed by atoms with E-state index < -0.39 is 0 Å². The van der Waals surface area contributed by atoms with Crippen LogP contribution in [0, 0.1) is 5.92 Å². The zero-order valence-corrected chi connectivity index (χ0v) is 16.5. The van der Waals surface area contributed by atoms with Crippen LogP contribution in [0.3, 0.4) is 0 Å². The number of likely N-dealkylation sites (tertiary alicyclic amines) is 1. The van der Waals surface area contributed by atoms with Crippen molar-refractivity contribution in [3.05, 3.63) is 54.4 Å². The standard InChI is InChI=1S/C22H30N4O2/c1-27-20-6-4-7-21(14-20)28-12-9-18-13-22(25-24-18)17-8-11-26(15-17)16-19-5-2-3-10-23-19/h2-7,10,14,17-18,22,24-25H,8-9,11-13,15-16H2,1H3. The van der Waals surface area contributed by atoms with Gasteiger partial charge in [0.2, 0.25) is 0 Å². The summed E-state index contributed by atoms with van der Waals surface area (Å²) in [4.78, 5) is 6.98. The third-order valence-corrected chi connectivity index (χ3v) is 5.78. The normalized spacial score (nSPS) is 25.1. The van der Waals surface area contributed by atoms with E-state index in [2.05, 4.69) is 32.9 Å². The quantitative estimate of drug-likeness (QED) is 0.732. The fourth-order valence-electron chi connectivity index (χ4n) is 4.21. The van der Waals surface area contributed by atoms with E-state index in [-0.39, 0.29) is 0 Å². The minimum Gasteiger partial charge on any atom is -0.497 e. The highest BCUT2D eigenvalue weighted by molar-refractivity contribution is 5.32. The minimum absolute atomic E-state index is 0.459. The summed E-state index contributed by atoms with van der Waals surface area (Å²) >= 11 is 0. The Morgan fingerprint density at radius 3 is 2.93 bits per heavy atom. The molecular weight excluding hydrogens is 352 g/mol. The van der Waals surface area contributed by atoms with E-state index in [4.69, 9.17) is 9.47 Å². The number of hydrazine groups is 1. The molecule has 0 spiro atoms. The van der Waals surface area contributed by atoms with Gasteiger partial charge in [0.1, 0.15) is 11.5 Å². The summed E-state index contributed by atoms with van der Waals surface area (Å²) in [6, 6.07) is 14.9. The van der Waals surface area contributed by atoms with Crippen molar-refractivity contribution in [1.29, 1.82) is 0 Å². The number of hydrogen-bond donors (Lipinski definition) is 2. The number of ether oxygens (including phenoxy) is 2. The first-order chi connectivity index (χ1) is 13.8. The molecule has 2 fully saturated rings. The molecule has 0 radical (unpaired) electrons. The van der Waals surface area contributed by atoms with Gasteiger partial charge in [-0.05, 0) is 56.0 Å². The summed E-state index contributed by atoms with van der Waals surface area (Å²) in [5.74, 6) is 2.39. The van der Waals surface area contributed by atoms with Crippen molar-refractivity contribution in [2.75, 3.05) is 26.8 Å². The van der Waals surface area contributed by atoms with Crippen LogP contribution in [0.2, 0.25) is 0 Å². The molecule has 3 unspecified atom stereocenters. The lowest BCUT2D eigenvalue weighted by molar-refractivity contribution is 0.286. The summed E-state index contributed by atoms with van der Waals surface area (Å²) in [5, 5.41) is 0. The van der Waals surface area contributed by atoms with Crippen LogP contribution in [0.1, 0.15) is 25.0 Å². The molecule has 2 N–H and O–H groups in total. The first kappa shape index (κ1) is 19.2. The number of nitrogens with one attached hydrogen (secondary N) is 2. The Hall–Kier alpha value is -2.15. The molecule has 2 aliphatic rings. The van der Waals surface area contributed by atoms with Crippen LogP contribution in [0.15, 0.2) is 48.7 Å². The average Bonchev–Trinajstić information content (AvgIpc) is 3.38. The highest BCUT2D eigenvalue weighted by Crippen LogP contribution is 2.26. The fraction of sp³-hybridized carbons (Fsp3) is 0.500. The Bertz CT molecular complexity index is 742. The van der Waals surface area contributed by atoms with Crippen molar-refractivity contribution in [2.24, 2.45) is 5.92 Å². The number of aromatic nitrogens is 1. The molecule has 2 saturated heterocycles. The molecule has 3 heterocycles. The van der Waals surface area contributed by atoms with E-state index >= 15 is 0 Å². The Morgan fingerprint density at radius 2 is 2.07 bits per heavy atom. The zero-order valence-electron chi connectivity index (χ0n) is 16.5. The van der Waals surface area contributed by atoms with Crippen LogP contribution in [0.4, 0.5) is 0 Å². The van der Waals surface area contributed by atoms with E-state index in [1.807, 2.05) is 36.5 Å². The third kappa shape index (κ3) is 5.01. The maximum atomic E-state index is 5.89. The van der Waals surface area contributed by atoms with Crippen molar-refractivity contribution < 1.29 is 9.47 Å². The fourth-order valence-corrected chi connectivity index (χ4v) is 4.21. The van der Waals surface area contributed by atoms with Crippen LogP contribution in [0.5, 0.6) is 11.5 Å². The first-order valence-corrected chi connectivity index (χ1v) is 10.2. The van der Waals surface area contributed by atoms with E-state index in [1.165, 1.54) is 6.42 Å². The summed E-state index contributed by atoms with van der Waals surface area (Å²) in [6.07, 6.45) is 5.28. The van der Waals surface area contributed by atoms with Gasteiger partial charge in [-0.2, -0.15) is 0 Å². The lowest BCUT2D eigenvalue weighted by Crippen LogP contribution is -2.38. The molecule has 1 aromatic heterocycles. The number of methoxy groups -OCH3 is 1. The number of benzene rings is 1. The highest BCUT2D eigenvalue weighted by Gasteiger charge is 2.34. The van der Waals surface area contributed by atoms with Crippen molar-refractivity contribution in [3.63, 3.8) is 0 Å². The molecule has 6 nitrogen and oxygen atoms in total. The minimum atomic E-state index is 0.459. The van der Waals surface area contributed by atoms with Gasteiger partial charge in [0.05, 0.1) is 19.4 Å². The lowest BCUT2D eigenvalue weighted by Gasteiger charge is -2.19. The van der Waals surface area contributed by atoms with Crippen LogP contribution >= 0.6 is 0 Å². The van der Waals surface area contributed by atoms with Gasteiger partial charge >= 0.3 is 0 Å². The molecule has 3 atom stereocenters. The Balaban J connectivity index is 1.18. The molecule has 0 bridgehead atoms. The summed E-state index contributed by atoms with van der Waals surface area (Å²) in [7, 11) is 1.67. The number of hydrogen-bond acceptors (Lipinski definition) is 6. The number of nitrogens with zero attached hydrogens (tertiary/aromatic N) is 2. The zero-order chi connectivity index (χ0) is 19.2. The third-order valence-electron chi connectivity index (χ3n) is 5.78. The van der Waals surface area contributed by atoms with Crippen LogP contribution in [-0.2, 0) is 6.54 Å². The second-order valence-corrected chi connectivity index (χ2v) is 7.75. The van der Waals surface area contributed by atoms with E-state index in [1.54, 1.807) is 7.11 Å². The van der Waals surface area contributed by atoms with Crippen LogP contribution in [0.25, 0.3) is 0 Å². The van der Waals surface area contributed by atoms with Gasteiger partial charge in [-0.15, -0.1) is 0 Å². The molecule has 1 aromatic carbocycles. The van der Waals surface area contributed by atoms with Gasteiger partial charge in [-0.25, -0.2) is 0 Å². The van der Waals surface area contributed by atoms with E-state index in [0.717, 1.165) is 49.7 Å². The SMILES string of the molecule is COc1cccc(OCCC2CC(C3CCN(Cc4ccccn4)C3)NN2)c1. The van der Waals surface area contributed by atoms with Crippen LogP contribution < -0.4 is 20.3 Å². The van der Waals surface area contributed by atoms with Crippen LogP contribution in [-0.4, -0.2) is 48.8 Å². The molecule has 2 aliphatic heterocycles. The molecule has 0 amide bonds. The van der Waals surface area contributed by atoms with Gasteiger partial charge in [-0.3, -0.25) is 20.7 Å². The average molecular weight is 383 g/mol. The van der Waals surface area contributed by atoms with Crippen molar-refractivity contribution in [3.8, 4) is 11.5 Å². The molecule has 4 rings (SSSR count). The molecule has 2 aromatic rings. The van der Waals surface area contributed by atoms with Crippen molar-refractivity contribution >= 4 is 0 Å². The summed E-state index contributed by atoms with van der Waals surface area (Å²) < 4.78 is 11.1. The molecule has 0 saturated carbocycles. The second kappa shape index (κ2) is 9.37. The predicted octanol–water partition coefficient (Wildman–Crippen LogP) is 2.62. The lowest BCUT2D eigenvalue weighted by atomic mass is 9.94. The predicted molar refractivity (Wildman–Crippen MR) is 109 cm³/mol. The van der Waals surface area contributed by atoms with Gasteiger partial charge < -0.3 is 9.47 Å². The first-order valence-electron chi connectivity index (χ1n) is 10.2. The topological polar surface area (TPSA) is 58.7 Å². The molecule has 28 heavy (non-hydrogen) atoms. The van der Waals surface area contributed by atoms with Gasteiger partial charge in [0.15, 0.2) is 0 Å². The largest absolute Gasteiger partial charge is 0.497 e. The van der Waals surface area contributed by atoms with E-state index in [9.17, 15) is 0 Å². The highest BCUT2D eigenvalue weighted by atomic mass is 16.5. The van der Waals surface area contributed by atoms with E-state index in [0.29, 0.717) is 24.6 Å². The van der Waals surface area contributed by atoms with Gasteiger partial charge in [-0.1, -0.05) is 12.1 Å². The molecular formula is C22H30N4O2. The maximum Gasteiger partial charge on any atom is 0.122 e. The number of pyridine rings is 1. The second-order valence-electron chi connectivity index (χ2n) is 7.75. The number of rotatable bonds is 8. The summed E-state index contributed by atoms with van der Waals surface area (Å²) in [5.41, 5.74) is 8.16. The summed E-state index contributed by atoms with van der Waals surface area (Å²) in [6.45, 7) is 3.96. The van der Waals surface area contributed by atoms with Gasteiger partial charge in [0, 0.05) is 37.4 Å². The van der Waals surface area contributed by atoms with Crippen molar-refractivity contribution in [1.82, 2.24) is 20.7 Å². The Kier molecular flexibility index (Phi) is 6.41.